The molecule has 2 aliphatic rings. The van der Waals surface area contributed by atoms with E-state index in [1.54, 1.807) is 0 Å². The largest absolute Gasteiger partial charge is 0.865 e. The summed E-state index contributed by atoms with van der Waals surface area (Å²) in [6.45, 7) is -1.40. The number of carbonyl (C=O) groups is 2. The van der Waals surface area contributed by atoms with Gasteiger partial charge in [-0.05, 0) is 0 Å². The first-order valence-corrected chi connectivity index (χ1v) is 6.35. The molecule has 2 rings (SSSR count). The van der Waals surface area contributed by atoms with Crippen molar-refractivity contribution in [2.45, 2.75) is 24.4 Å². The molecule has 13 heteroatoms. The first kappa shape index (κ1) is 23.0. The Morgan fingerprint density at radius 2 is 1.12 bits per heavy atom. The van der Waals surface area contributed by atoms with Gasteiger partial charge in [-0.3, -0.25) is 0 Å². The van der Waals surface area contributed by atoms with Gasteiger partial charge in [0, 0.05) is 28.6 Å². The standard InChI is InChI=1S/2C6H8O6.Mn/c2*7-1-2(8)5-3(9)4(10)6(11)12-5;/h2*2,5,7-10H,1H2;/p-2. The second-order valence-corrected chi connectivity index (χ2v) is 4.58. The van der Waals surface area contributed by atoms with E-state index >= 15 is 0 Å². The van der Waals surface area contributed by atoms with Gasteiger partial charge in [-0.15, -0.1) is 0 Å². The summed E-state index contributed by atoms with van der Waals surface area (Å²) in [5.74, 6) is -6.50. The average molecular weight is 405 g/mol. The van der Waals surface area contributed by atoms with Gasteiger partial charge in [0.1, 0.15) is 23.7 Å². The van der Waals surface area contributed by atoms with Crippen LogP contribution >= 0.6 is 0 Å². The Labute approximate surface area is 150 Å². The van der Waals surface area contributed by atoms with Crippen molar-refractivity contribution in [3.63, 3.8) is 0 Å². The van der Waals surface area contributed by atoms with Gasteiger partial charge in [-0.1, -0.05) is 0 Å². The van der Waals surface area contributed by atoms with Crippen LogP contribution in [0.4, 0.5) is 0 Å². The van der Waals surface area contributed by atoms with Crippen LogP contribution in [-0.2, 0) is 36.1 Å². The zero-order chi connectivity index (χ0) is 18.6. The third-order valence-corrected chi connectivity index (χ3v) is 2.92. The van der Waals surface area contributed by atoms with Crippen molar-refractivity contribution in [3.8, 4) is 0 Å². The van der Waals surface area contributed by atoms with Crippen LogP contribution in [0.15, 0.2) is 23.0 Å². The van der Waals surface area contributed by atoms with Crippen molar-refractivity contribution in [2.24, 2.45) is 0 Å². The Kier molecular flexibility index (Phi) is 8.69. The molecular formula is C12H14MnO12-2. The summed E-state index contributed by atoms with van der Waals surface area (Å²) in [7, 11) is 0. The number of rotatable bonds is 4. The van der Waals surface area contributed by atoms with Crippen LogP contribution in [-0.4, -0.2) is 80.2 Å². The molecule has 25 heavy (non-hydrogen) atoms. The average Bonchev–Trinajstić information content (AvgIpc) is 2.98. The molecule has 0 saturated heterocycles. The molecule has 0 spiro atoms. The third kappa shape index (κ3) is 4.98. The van der Waals surface area contributed by atoms with Crippen LogP contribution in [0.5, 0.6) is 0 Å². The minimum atomic E-state index is -1.46. The zero-order valence-corrected chi connectivity index (χ0v) is 13.4. The second kappa shape index (κ2) is 9.46. The fraction of sp³-hybridized carbons (Fsp3) is 0.500. The van der Waals surface area contributed by atoms with Crippen LogP contribution in [0.25, 0.3) is 0 Å². The van der Waals surface area contributed by atoms with Gasteiger partial charge < -0.3 is 50.3 Å². The number of aliphatic hydroxyl groups is 6. The molecule has 4 atom stereocenters. The van der Waals surface area contributed by atoms with Crippen molar-refractivity contribution in [2.75, 3.05) is 13.2 Å². The molecule has 6 N–H and O–H groups in total. The summed E-state index contributed by atoms with van der Waals surface area (Å²) in [6, 6.07) is 0. The Hall–Kier alpha value is -2.02. The molecule has 0 bridgehead atoms. The summed E-state index contributed by atoms with van der Waals surface area (Å²) in [6.07, 6.45) is -5.76. The smallest absolute Gasteiger partial charge is 0.327 e. The molecule has 0 saturated carbocycles. The number of cyclic esters (lactones) is 2. The molecule has 143 valence electrons. The third-order valence-electron chi connectivity index (χ3n) is 2.92. The van der Waals surface area contributed by atoms with Crippen LogP contribution in [0.2, 0.25) is 0 Å². The van der Waals surface area contributed by atoms with Gasteiger partial charge in [0.25, 0.3) is 0 Å². The van der Waals surface area contributed by atoms with Gasteiger partial charge in [-0.2, -0.15) is 0 Å². The summed E-state index contributed by atoms with van der Waals surface area (Å²) >= 11 is 0. The summed E-state index contributed by atoms with van der Waals surface area (Å²) < 4.78 is 8.51. The maximum atomic E-state index is 10.6. The van der Waals surface area contributed by atoms with Crippen LogP contribution in [0.3, 0.4) is 0 Å². The summed E-state index contributed by atoms with van der Waals surface area (Å²) in [5.41, 5.74) is 0. The number of hydrogen-bond acceptors (Lipinski definition) is 12. The minimum Gasteiger partial charge on any atom is -0.865 e. The van der Waals surface area contributed by atoms with E-state index in [2.05, 4.69) is 9.47 Å². The molecular weight excluding hydrogens is 391 g/mol. The molecule has 2 heterocycles. The molecule has 2 aliphatic heterocycles. The van der Waals surface area contributed by atoms with Gasteiger partial charge in [0.15, 0.2) is 12.2 Å². The molecule has 0 fully saturated rings. The predicted octanol–water partition coefficient (Wildman–Crippen LogP) is -5.21. The van der Waals surface area contributed by atoms with Gasteiger partial charge in [0.2, 0.25) is 0 Å². The van der Waals surface area contributed by atoms with E-state index in [4.69, 9.17) is 30.6 Å². The van der Waals surface area contributed by atoms with Gasteiger partial charge in [-0.25, -0.2) is 9.59 Å². The van der Waals surface area contributed by atoms with Crippen molar-refractivity contribution >= 4 is 11.9 Å². The van der Waals surface area contributed by atoms with E-state index in [0.29, 0.717) is 0 Å². The number of aliphatic hydroxyl groups excluding tert-OH is 6. The number of esters is 2. The fourth-order valence-electron chi connectivity index (χ4n) is 1.63. The van der Waals surface area contributed by atoms with Crippen LogP contribution in [0, 0.1) is 0 Å². The Morgan fingerprint density at radius 3 is 1.28 bits per heavy atom. The van der Waals surface area contributed by atoms with E-state index < -0.39 is 72.6 Å². The summed E-state index contributed by atoms with van der Waals surface area (Å²) in [5, 5.41) is 73.5. The molecule has 1 radical (unpaired) electrons. The predicted molar refractivity (Wildman–Crippen MR) is 65.3 cm³/mol. The van der Waals surface area contributed by atoms with Crippen molar-refractivity contribution in [1.29, 1.82) is 0 Å². The Morgan fingerprint density at radius 1 is 0.840 bits per heavy atom. The van der Waals surface area contributed by atoms with E-state index in [0.717, 1.165) is 0 Å². The van der Waals surface area contributed by atoms with Crippen LogP contribution in [0.1, 0.15) is 0 Å². The quantitative estimate of drug-likeness (QED) is 0.191. The fourth-order valence-corrected chi connectivity index (χ4v) is 1.63. The van der Waals surface area contributed by atoms with E-state index in [1.807, 2.05) is 0 Å². The maximum Gasteiger partial charge on any atom is 0.327 e. The monoisotopic (exact) mass is 405 g/mol. The molecule has 4 unspecified atom stereocenters. The molecule has 0 aromatic carbocycles. The SMILES string of the molecule is O=C1OC(C(O)CO)C(O)=C1[O-].O=C1OC(C(O)CO)C(O)=C1[O-].[Mn]. The van der Waals surface area contributed by atoms with Crippen molar-refractivity contribution in [1.82, 2.24) is 0 Å². The maximum absolute atomic E-state index is 10.6. The van der Waals surface area contributed by atoms with Gasteiger partial charge >= 0.3 is 11.9 Å². The minimum absolute atomic E-state index is 0. The van der Waals surface area contributed by atoms with E-state index in [-0.39, 0.29) is 17.1 Å². The second-order valence-electron chi connectivity index (χ2n) is 4.58. The molecule has 0 aliphatic carbocycles. The Bertz CT molecular complexity index is 520. The topological polar surface area (TPSA) is 220 Å². The normalized spacial score (nSPS) is 24.8. The number of ether oxygens (including phenoxy) is 2. The molecule has 12 nitrogen and oxygen atoms in total. The first-order chi connectivity index (χ1) is 11.1. The zero-order valence-electron chi connectivity index (χ0n) is 12.2. The first-order valence-electron chi connectivity index (χ1n) is 6.35. The van der Waals surface area contributed by atoms with Crippen molar-refractivity contribution < 1.29 is 77.0 Å². The molecule has 0 amide bonds. The molecule has 0 aromatic rings. The van der Waals surface area contributed by atoms with Gasteiger partial charge in [0.05, 0.1) is 13.2 Å². The number of hydrogen-bond donors (Lipinski definition) is 6. The Balaban J connectivity index is 0.000000443. The number of carbonyl (C=O) groups excluding carboxylic acids is 2. The van der Waals surface area contributed by atoms with Crippen LogP contribution < -0.4 is 10.2 Å². The van der Waals surface area contributed by atoms with E-state index in [9.17, 15) is 19.8 Å². The van der Waals surface area contributed by atoms with Crippen molar-refractivity contribution in [3.05, 3.63) is 23.0 Å². The van der Waals surface area contributed by atoms with E-state index in [1.165, 1.54) is 0 Å². The summed E-state index contributed by atoms with van der Waals surface area (Å²) in [4.78, 5) is 20.9. The molecule has 0 aromatic heterocycles.